The second-order valence-electron chi connectivity index (χ2n) is 7.58. The molecule has 3 atom stereocenters. The second-order valence-corrected chi connectivity index (χ2v) is 9.36. The van der Waals surface area contributed by atoms with Gasteiger partial charge in [-0.2, -0.15) is 5.26 Å². The quantitative estimate of drug-likeness (QED) is 0.561. The van der Waals surface area contributed by atoms with Crippen LogP contribution in [-0.4, -0.2) is 19.9 Å². The molecule has 2 heterocycles. The van der Waals surface area contributed by atoms with Gasteiger partial charge >= 0.3 is 0 Å². The first-order valence-electron chi connectivity index (χ1n) is 9.36. The second kappa shape index (κ2) is 7.30. The molecule has 0 saturated heterocycles. The Morgan fingerprint density at radius 1 is 1.52 bits per heavy atom. The lowest BCUT2D eigenvalue weighted by Crippen LogP contribution is -2.32. The number of nitrogens with one attached hydrogen (secondary N) is 3. The normalized spacial score (nSPS) is 24.4. The van der Waals surface area contributed by atoms with E-state index in [1.807, 2.05) is 12.2 Å². The lowest BCUT2D eigenvalue weighted by Gasteiger charge is -2.17. The van der Waals surface area contributed by atoms with Crippen molar-refractivity contribution in [3.8, 4) is 6.07 Å². The van der Waals surface area contributed by atoms with E-state index in [1.165, 1.54) is 12.1 Å². The number of aliphatic hydroxyl groups excluding tert-OH is 1. The first kappa shape index (κ1) is 19.6. The van der Waals surface area contributed by atoms with E-state index in [-0.39, 0.29) is 11.6 Å². The third-order valence-electron chi connectivity index (χ3n) is 5.29. The number of hydrogen-bond acceptors (Lipinski definition) is 5. The maximum absolute atomic E-state index is 13.5. The van der Waals surface area contributed by atoms with Crippen molar-refractivity contribution in [2.45, 2.75) is 36.4 Å². The van der Waals surface area contributed by atoms with Crippen LogP contribution < -0.4 is 10.0 Å². The molecule has 1 aromatic heterocycles. The van der Waals surface area contributed by atoms with Crippen molar-refractivity contribution in [1.29, 1.82) is 10.0 Å². The Balaban J connectivity index is 1.67. The van der Waals surface area contributed by atoms with E-state index in [1.54, 1.807) is 23.9 Å². The van der Waals surface area contributed by atoms with E-state index >= 15 is 0 Å². The number of anilines is 1. The predicted octanol–water partition coefficient (Wildman–Crippen LogP) is 3.24. The monoisotopic (exact) mass is 415 g/mol. The molecule has 2 aromatic rings. The minimum absolute atomic E-state index is 0.130. The number of aryl methyl sites for hydroxylation is 1. The van der Waals surface area contributed by atoms with Crippen LogP contribution in [0.25, 0.3) is 6.08 Å². The van der Waals surface area contributed by atoms with Crippen LogP contribution in [-0.2, 0) is 17.0 Å². The van der Waals surface area contributed by atoms with Crippen LogP contribution in [0, 0.1) is 27.8 Å². The standard InChI is InChI=1S/C20H22FN5O2S/c1-26-11-18-16(6-4-15(8-12-2-3-12)25-29(18,23)28)19(26)20(27)24-14-5-7-17(21)13(9-14)10-22/h4-7,9,11-12,15,20,24,27H,2-3,8H2,1H3,(H2,23,25,28)/t15-,20?,29?/m1/s1. The minimum Gasteiger partial charge on any atom is -0.368 e. The number of benzene rings is 1. The predicted molar refractivity (Wildman–Crippen MR) is 108 cm³/mol. The smallest absolute Gasteiger partial charge is 0.166 e. The third kappa shape index (κ3) is 3.92. The highest BCUT2D eigenvalue weighted by Gasteiger charge is 2.31. The number of halogens is 1. The van der Waals surface area contributed by atoms with Gasteiger partial charge in [0.15, 0.2) is 6.23 Å². The largest absolute Gasteiger partial charge is 0.368 e. The summed E-state index contributed by atoms with van der Waals surface area (Å²) in [6.07, 6.45) is 7.26. The molecule has 9 heteroatoms. The van der Waals surface area contributed by atoms with Crippen molar-refractivity contribution in [1.82, 2.24) is 9.29 Å². The minimum atomic E-state index is -3.23. The molecule has 1 aromatic carbocycles. The maximum atomic E-state index is 13.5. The van der Waals surface area contributed by atoms with Gasteiger partial charge in [0, 0.05) is 30.5 Å². The fourth-order valence-electron chi connectivity index (χ4n) is 3.66. The average Bonchev–Trinajstić information content (AvgIpc) is 3.42. The number of nitrogens with zero attached hydrogens (tertiary/aromatic N) is 2. The molecule has 0 amide bonds. The molecule has 1 saturated carbocycles. The van der Waals surface area contributed by atoms with Crippen LogP contribution >= 0.6 is 0 Å². The zero-order chi connectivity index (χ0) is 20.8. The van der Waals surface area contributed by atoms with E-state index in [0.29, 0.717) is 27.8 Å². The van der Waals surface area contributed by atoms with Crippen LogP contribution in [0.4, 0.5) is 10.1 Å². The number of fused-ring (bicyclic) bond motifs is 1. The molecular weight excluding hydrogens is 393 g/mol. The van der Waals surface area contributed by atoms with Gasteiger partial charge in [-0.25, -0.2) is 18.1 Å². The summed E-state index contributed by atoms with van der Waals surface area (Å²) in [6.45, 7) is 0. The molecule has 7 nitrogen and oxygen atoms in total. The van der Waals surface area contributed by atoms with Crippen molar-refractivity contribution in [3.05, 3.63) is 53.1 Å². The van der Waals surface area contributed by atoms with E-state index < -0.39 is 22.0 Å². The Bertz CT molecular complexity index is 1130. The summed E-state index contributed by atoms with van der Waals surface area (Å²) in [7, 11) is -1.54. The Hall–Kier alpha value is -2.67. The molecule has 4 rings (SSSR count). The summed E-state index contributed by atoms with van der Waals surface area (Å²) >= 11 is 0. The van der Waals surface area contributed by atoms with Crippen molar-refractivity contribution >= 4 is 21.7 Å². The Labute approximate surface area is 169 Å². The summed E-state index contributed by atoms with van der Waals surface area (Å²) in [5.74, 6) is -0.0274. The van der Waals surface area contributed by atoms with Gasteiger partial charge in [-0.1, -0.05) is 25.0 Å². The zero-order valence-corrected chi connectivity index (χ0v) is 16.7. The number of aromatic nitrogens is 1. The lowest BCUT2D eigenvalue weighted by molar-refractivity contribution is 0.199. The zero-order valence-electron chi connectivity index (χ0n) is 15.9. The van der Waals surface area contributed by atoms with Gasteiger partial charge in [0.1, 0.15) is 21.8 Å². The molecule has 2 aliphatic rings. The molecule has 0 bridgehead atoms. The van der Waals surface area contributed by atoms with Gasteiger partial charge in [-0.3, -0.25) is 0 Å². The molecule has 4 N–H and O–H groups in total. The van der Waals surface area contributed by atoms with E-state index in [9.17, 15) is 13.7 Å². The molecule has 152 valence electrons. The summed E-state index contributed by atoms with van der Waals surface area (Å²) < 4.78 is 39.5. The SMILES string of the molecule is Cn1cc2c(c1C(O)Nc1ccc(F)c(C#N)c1)C=C[C@H](CC1CC1)NS2(=N)=O. The first-order chi connectivity index (χ1) is 13.8. The number of nitriles is 1. The Morgan fingerprint density at radius 2 is 2.28 bits per heavy atom. The Kier molecular flexibility index (Phi) is 4.94. The molecule has 1 aliphatic carbocycles. The molecule has 1 aliphatic heterocycles. The Morgan fingerprint density at radius 3 is 2.97 bits per heavy atom. The van der Waals surface area contributed by atoms with Crippen molar-refractivity contribution in [2.24, 2.45) is 13.0 Å². The molecule has 2 unspecified atom stereocenters. The van der Waals surface area contributed by atoms with Gasteiger partial charge in [-0.15, -0.1) is 0 Å². The van der Waals surface area contributed by atoms with E-state index in [0.717, 1.165) is 25.3 Å². The van der Waals surface area contributed by atoms with Crippen LogP contribution in [0.15, 0.2) is 35.4 Å². The molecular formula is C20H22FN5O2S. The van der Waals surface area contributed by atoms with Gasteiger partial charge in [-0.05, 0) is 30.5 Å². The highest BCUT2D eigenvalue weighted by molar-refractivity contribution is 7.90. The van der Waals surface area contributed by atoms with E-state index in [4.69, 9.17) is 10.0 Å². The van der Waals surface area contributed by atoms with Crippen molar-refractivity contribution in [3.63, 3.8) is 0 Å². The topological polar surface area (TPSA) is 114 Å². The van der Waals surface area contributed by atoms with Crippen molar-refractivity contribution < 1.29 is 13.7 Å². The van der Waals surface area contributed by atoms with E-state index in [2.05, 4.69) is 10.0 Å². The maximum Gasteiger partial charge on any atom is 0.166 e. The summed E-state index contributed by atoms with van der Waals surface area (Å²) in [5.41, 5.74) is 1.21. The van der Waals surface area contributed by atoms with Gasteiger partial charge in [0.25, 0.3) is 0 Å². The number of rotatable bonds is 5. The van der Waals surface area contributed by atoms with Crippen molar-refractivity contribution in [2.75, 3.05) is 5.32 Å². The first-order valence-corrected chi connectivity index (χ1v) is 10.9. The van der Waals surface area contributed by atoms with Gasteiger partial charge < -0.3 is 15.0 Å². The summed E-state index contributed by atoms with van der Waals surface area (Å²) in [6, 6.07) is 5.51. The highest BCUT2D eigenvalue weighted by atomic mass is 32.2. The lowest BCUT2D eigenvalue weighted by atomic mass is 10.1. The molecule has 1 fully saturated rings. The fourth-order valence-corrected chi connectivity index (χ4v) is 5.18. The van der Waals surface area contributed by atoms with Gasteiger partial charge in [0.05, 0.1) is 16.2 Å². The van der Waals surface area contributed by atoms with Crippen LogP contribution in [0.5, 0.6) is 0 Å². The third-order valence-corrected chi connectivity index (χ3v) is 6.87. The van der Waals surface area contributed by atoms with Crippen LogP contribution in [0.1, 0.15) is 42.3 Å². The number of hydrogen-bond donors (Lipinski definition) is 4. The summed E-state index contributed by atoms with van der Waals surface area (Å²) in [4.78, 5) is 0.321. The number of aliphatic hydroxyl groups is 1. The van der Waals surface area contributed by atoms with Gasteiger partial charge in [0.2, 0.25) is 0 Å². The van der Waals surface area contributed by atoms with Crippen LogP contribution in [0.2, 0.25) is 0 Å². The molecule has 0 radical (unpaired) electrons. The molecule has 29 heavy (non-hydrogen) atoms. The summed E-state index contributed by atoms with van der Waals surface area (Å²) in [5, 5.41) is 22.6. The van der Waals surface area contributed by atoms with Crippen LogP contribution in [0.3, 0.4) is 0 Å². The fraction of sp³-hybridized carbons (Fsp3) is 0.350. The molecule has 0 spiro atoms. The highest BCUT2D eigenvalue weighted by Crippen LogP contribution is 2.36. The average molecular weight is 415 g/mol.